The second-order valence-electron chi connectivity index (χ2n) is 4.77. The van der Waals surface area contributed by atoms with Crippen molar-refractivity contribution in [3.05, 3.63) is 28.2 Å². The lowest BCUT2D eigenvalue weighted by Gasteiger charge is -2.10. The van der Waals surface area contributed by atoms with E-state index in [1.54, 1.807) is 11.8 Å². The average Bonchev–Trinajstić information content (AvgIpc) is 2.66. The van der Waals surface area contributed by atoms with Gasteiger partial charge in [0.2, 0.25) is 0 Å². The third-order valence-electron chi connectivity index (χ3n) is 3.14. The summed E-state index contributed by atoms with van der Waals surface area (Å²) >= 11 is 3.57. The third-order valence-corrected chi connectivity index (χ3v) is 3.83. The van der Waals surface area contributed by atoms with E-state index in [2.05, 4.69) is 34.9 Å². The Bertz CT molecular complexity index is 605. The maximum atomic E-state index is 6.12. The maximum Gasteiger partial charge on any atom is 0.125 e. The van der Waals surface area contributed by atoms with Crippen LogP contribution in [0.3, 0.4) is 0 Å². The zero-order valence-corrected chi connectivity index (χ0v) is 13.2. The maximum absolute atomic E-state index is 6.12. The molecule has 0 unspecified atom stereocenters. The van der Waals surface area contributed by atoms with Gasteiger partial charge in [-0.1, -0.05) is 29.8 Å². The van der Waals surface area contributed by atoms with Crippen LogP contribution >= 0.6 is 15.9 Å². The molecule has 0 aliphatic rings. The molecule has 0 saturated carbocycles. The molecule has 5 heteroatoms. The quantitative estimate of drug-likeness (QED) is 0.939. The number of rotatable bonds is 3. The van der Waals surface area contributed by atoms with Crippen LogP contribution < -0.4 is 10.5 Å². The van der Waals surface area contributed by atoms with Gasteiger partial charge in [-0.3, -0.25) is 4.68 Å². The molecule has 2 N–H and O–H groups in total. The van der Waals surface area contributed by atoms with Gasteiger partial charge in [0.25, 0.3) is 0 Å². The van der Waals surface area contributed by atoms with E-state index in [4.69, 9.17) is 10.5 Å². The standard InChI is InChI=1S/C14H18BrN3O/c1-8(2)12-13(17-18(3)14(12)16)10-7-9(19-4)5-6-11(10)15/h5-8H,16H2,1-4H3. The Labute approximate surface area is 121 Å². The Kier molecular flexibility index (Phi) is 3.85. The van der Waals surface area contributed by atoms with E-state index in [0.29, 0.717) is 11.7 Å². The van der Waals surface area contributed by atoms with E-state index in [0.717, 1.165) is 27.0 Å². The van der Waals surface area contributed by atoms with E-state index in [1.165, 1.54) is 0 Å². The zero-order chi connectivity index (χ0) is 14.2. The molecule has 1 aromatic carbocycles. The predicted molar refractivity (Wildman–Crippen MR) is 81.4 cm³/mol. The first kappa shape index (κ1) is 13.9. The van der Waals surface area contributed by atoms with Crippen LogP contribution in [0.25, 0.3) is 11.3 Å². The zero-order valence-electron chi connectivity index (χ0n) is 11.6. The van der Waals surface area contributed by atoms with Crippen LogP contribution in [0.1, 0.15) is 25.3 Å². The van der Waals surface area contributed by atoms with Crippen LogP contribution in [-0.2, 0) is 7.05 Å². The lowest BCUT2D eigenvalue weighted by atomic mass is 9.98. The largest absolute Gasteiger partial charge is 0.497 e. The molecule has 2 rings (SSSR count). The minimum Gasteiger partial charge on any atom is -0.497 e. The fourth-order valence-electron chi connectivity index (χ4n) is 2.13. The van der Waals surface area contributed by atoms with Crippen LogP contribution in [0.15, 0.2) is 22.7 Å². The normalized spacial score (nSPS) is 11.1. The van der Waals surface area contributed by atoms with Gasteiger partial charge in [-0.25, -0.2) is 0 Å². The number of halogens is 1. The highest BCUT2D eigenvalue weighted by molar-refractivity contribution is 9.10. The molecule has 0 amide bonds. The first-order valence-electron chi connectivity index (χ1n) is 6.12. The van der Waals surface area contributed by atoms with Crippen molar-refractivity contribution in [2.75, 3.05) is 12.8 Å². The van der Waals surface area contributed by atoms with Crippen LogP contribution in [-0.4, -0.2) is 16.9 Å². The second kappa shape index (κ2) is 5.25. The number of nitrogens with zero attached hydrogens (tertiary/aromatic N) is 2. The lowest BCUT2D eigenvalue weighted by molar-refractivity contribution is 0.415. The number of aromatic nitrogens is 2. The van der Waals surface area contributed by atoms with Crippen LogP contribution in [0.5, 0.6) is 5.75 Å². The number of benzene rings is 1. The van der Waals surface area contributed by atoms with E-state index in [9.17, 15) is 0 Å². The molecule has 4 nitrogen and oxygen atoms in total. The van der Waals surface area contributed by atoms with E-state index in [1.807, 2.05) is 25.2 Å². The fraction of sp³-hybridized carbons (Fsp3) is 0.357. The van der Waals surface area contributed by atoms with Gasteiger partial charge >= 0.3 is 0 Å². The molecule has 0 bridgehead atoms. The smallest absolute Gasteiger partial charge is 0.125 e. The van der Waals surface area contributed by atoms with Gasteiger partial charge in [0.15, 0.2) is 0 Å². The number of nitrogens with two attached hydrogens (primary N) is 1. The van der Waals surface area contributed by atoms with Crippen LogP contribution in [0, 0.1) is 0 Å². The summed E-state index contributed by atoms with van der Waals surface area (Å²) in [4.78, 5) is 0. The van der Waals surface area contributed by atoms with Crippen molar-refractivity contribution in [1.82, 2.24) is 9.78 Å². The van der Waals surface area contributed by atoms with Crippen molar-refractivity contribution in [3.63, 3.8) is 0 Å². The van der Waals surface area contributed by atoms with Gasteiger partial charge in [-0.2, -0.15) is 5.10 Å². The molecule has 0 radical (unpaired) electrons. The predicted octanol–water partition coefficient (Wildman–Crippen LogP) is 3.56. The number of aryl methyl sites for hydroxylation is 1. The molecule has 0 aliphatic carbocycles. The van der Waals surface area contributed by atoms with Crippen LogP contribution in [0.4, 0.5) is 5.82 Å². The number of methoxy groups -OCH3 is 1. The highest BCUT2D eigenvalue weighted by Gasteiger charge is 2.20. The highest BCUT2D eigenvalue weighted by Crippen LogP contribution is 2.37. The fourth-order valence-corrected chi connectivity index (χ4v) is 2.57. The Balaban J connectivity index is 2.68. The average molecular weight is 324 g/mol. The number of ether oxygens (including phenoxy) is 1. The van der Waals surface area contributed by atoms with Crippen molar-refractivity contribution in [1.29, 1.82) is 0 Å². The summed E-state index contributed by atoms with van der Waals surface area (Å²) in [6.07, 6.45) is 0. The molecule has 1 heterocycles. The molecule has 0 saturated heterocycles. The summed E-state index contributed by atoms with van der Waals surface area (Å²) in [7, 11) is 3.52. The third kappa shape index (κ3) is 2.47. The number of anilines is 1. The molecule has 0 spiro atoms. The van der Waals surface area contributed by atoms with E-state index < -0.39 is 0 Å². The Hall–Kier alpha value is -1.49. The molecular formula is C14H18BrN3O. The van der Waals surface area contributed by atoms with Gasteiger partial charge in [0.1, 0.15) is 11.6 Å². The van der Waals surface area contributed by atoms with Crippen molar-refractivity contribution in [3.8, 4) is 17.0 Å². The highest BCUT2D eigenvalue weighted by atomic mass is 79.9. The lowest BCUT2D eigenvalue weighted by Crippen LogP contribution is -2.00. The molecule has 2 aromatic rings. The molecule has 0 fully saturated rings. The SMILES string of the molecule is COc1ccc(Br)c(-c2nn(C)c(N)c2C(C)C)c1. The molecular weight excluding hydrogens is 306 g/mol. The summed E-state index contributed by atoms with van der Waals surface area (Å²) in [6, 6.07) is 5.84. The number of hydrogen-bond acceptors (Lipinski definition) is 3. The first-order chi connectivity index (χ1) is 8.95. The van der Waals surface area contributed by atoms with Gasteiger partial charge in [0, 0.05) is 22.6 Å². The van der Waals surface area contributed by atoms with E-state index >= 15 is 0 Å². The Morgan fingerprint density at radius 2 is 2.05 bits per heavy atom. The second-order valence-corrected chi connectivity index (χ2v) is 5.63. The summed E-state index contributed by atoms with van der Waals surface area (Å²) in [6.45, 7) is 4.23. The summed E-state index contributed by atoms with van der Waals surface area (Å²) < 4.78 is 7.98. The van der Waals surface area contributed by atoms with Crippen molar-refractivity contribution in [2.24, 2.45) is 7.05 Å². The minimum absolute atomic E-state index is 0.307. The molecule has 0 aliphatic heterocycles. The Morgan fingerprint density at radius 3 is 2.63 bits per heavy atom. The summed E-state index contributed by atoms with van der Waals surface area (Å²) in [5, 5.41) is 4.54. The number of hydrogen-bond donors (Lipinski definition) is 1. The van der Waals surface area contributed by atoms with Crippen molar-refractivity contribution in [2.45, 2.75) is 19.8 Å². The monoisotopic (exact) mass is 323 g/mol. The van der Waals surface area contributed by atoms with Crippen molar-refractivity contribution >= 4 is 21.7 Å². The minimum atomic E-state index is 0.307. The molecule has 1 aromatic heterocycles. The Morgan fingerprint density at radius 1 is 1.37 bits per heavy atom. The summed E-state index contributed by atoms with van der Waals surface area (Å²) in [5.74, 6) is 1.82. The molecule has 102 valence electrons. The van der Waals surface area contributed by atoms with Gasteiger partial charge in [0.05, 0.1) is 12.8 Å². The molecule has 0 atom stereocenters. The van der Waals surface area contributed by atoms with Gasteiger partial charge in [-0.05, 0) is 24.1 Å². The number of nitrogen functional groups attached to an aromatic ring is 1. The topological polar surface area (TPSA) is 53.1 Å². The van der Waals surface area contributed by atoms with Gasteiger partial charge in [-0.15, -0.1) is 0 Å². The molecule has 19 heavy (non-hydrogen) atoms. The first-order valence-corrected chi connectivity index (χ1v) is 6.91. The summed E-state index contributed by atoms with van der Waals surface area (Å²) in [5.41, 5.74) is 9.08. The van der Waals surface area contributed by atoms with E-state index in [-0.39, 0.29) is 0 Å². The van der Waals surface area contributed by atoms with Crippen molar-refractivity contribution < 1.29 is 4.74 Å². The van der Waals surface area contributed by atoms with Crippen LogP contribution in [0.2, 0.25) is 0 Å². The van der Waals surface area contributed by atoms with Gasteiger partial charge < -0.3 is 10.5 Å².